The van der Waals surface area contributed by atoms with E-state index in [2.05, 4.69) is 15.9 Å². The fourth-order valence-electron chi connectivity index (χ4n) is 2.33. The number of ether oxygens (including phenoxy) is 2. The van der Waals surface area contributed by atoms with Crippen molar-refractivity contribution in [2.45, 2.75) is 33.4 Å². The van der Waals surface area contributed by atoms with Crippen molar-refractivity contribution in [3.05, 3.63) is 22.2 Å². The van der Waals surface area contributed by atoms with E-state index >= 15 is 0 Å². The Bertz CT molecular complexity index is 587. The van der Waals surface area contributed by atoms with Crippen molar-refractivity contribution in [2.24, 2.45) is 5.41 Å². The maximum absolute atomic E-state index is 12.2. The molecular formula is C15H18BrNO4. The predicted molar refractivity (Wildman–Crippen MR) is 80.0 cm³/mol. The molecule has 21 heavy (non-hydrogen) atoms. The van der Waals surface area contributed by atoms with Crippen LogP contribution >= 0.6 is 15.9 Å². The van der Waals surface area contributed by atoms with E-state index in [4.69, 9.17) is 14.3 Å². The number of amides is 1. The molecular weight excluding hydrogens is 338 g/mol. The third-order valence-electron chi connectivity index (χ3n) is 3.62. The molecule has 0 aromatic heterocycles. The minimum atomic E-state index is -0.463. The average Bonchev–Trinajstić information content (AvgIpc) is 2.67. The van der Waals surface area contributed by atoms with Crippen molar-refractivity contribution in [2.75, 3.05) is 13.2 Å². The van der Waals surface area contributed by atoms with Crippen LogP contribution in [0.15, 0.2) is 16.6 Å². The number of halogens is 1. The highest BCUT2D eigenvalue weighted by molar-refractivity contribution is 9.10. The zero-order valence-corrected chi connectivity index (χ0v) is 13.9. The molecule has 0 N–H and O–H groups in total. The van der Waals surface area contributed by atoms with Gasteiger partial charge in [0.25, 0.3) is 5.91 Å². The number of nitrogens with zero attached hydrogens (tertiary/aromatic N) is 1. The van der Waals surface area contributed by atoms with Crippen molar-refractivity contribution in [3.63, 3.8) is 0 Å². The fraction of sp³-hybridized carbons (Fsp3) is 0.533. The number of hydroxylamine groups is 2. The van der Waals surface area contributed by atoms with E-state index in [1.165, 1.54) is 5.06 Å². The standard InChI is InChI=1S/C15H18BrNO4/c1-9-7-19-12-4-10(11(16)5-13(12)21-9)6-17-14(18)15(2,3)8-20-17/h4-5,9H,6-8H2,1-3H3. The third kappa shape index (κ3) is 2.74. The van der Waals surface area contributed by atoms with Crippen LogP contribution in [0.1, 0.15) is 26.3 Å². The van der Waals surface area contributed by atoms with Gasteiger partial charge in [0.2, 0.25) is 0 Å². The smallest absolute Gasteiger partial charge is 0.254 e. The molecule has 0 aliphatic carbocycles. The molecule has 0 saturated carbocycles. The van der Waals surface area contributed by atoms with Gasteiger partial charge in [-0.3, -0.25) is 9.63 Å². The second kappa shape index (κ2) is 5.18. The van der Waals surface area contributed by atoms with Crippen LogP contribution < -0.4 is 9.47 Å². The number of carbonyl (C=O) groups is 1. The highest BCUT2D eigenvalue weighted by Crippen LogP contribution is 2.38. The Hall–Kier alpha value is -1.27. The average molecular weight is 356 g/mol. The van der Waals surface area contributed by atoms with Crippen molar-refractivity contribution >= 4 is 21.8 Å². The second-order valence-electron chi connectivity index (χ2n) is 6.13. The summed E-state index contributed by atoms with van der Waals surface area (Å²) < 4.78 is 12.3. The molecule has 2 heterocycles. The molecule has 1 fully saturated rings. The van der Waals surface area contributed by atoms with Gasteiger partial charge in [-0.1, -0.05) is 15.9 Å². The second-order valence-corrected chi connectivity index (χ2v) is 6.98. The predicted octanol–water partition coefficient (Wildman–Crippen LogP) is 2.91. The van der Waals surface area contributed by atoms with Gasteiger partial charge in [-0.15, -0.1) is 0 Å². The first kappa shape index (κ1) is 14.7. The number of carbonyl (C=O) groups excluding carboxylic acids is 1. The minimum absolute atomic E-state index is 0.00193. The molecule has 5 nitrogen and oxygen atoms in total. The number of benzene rings is 1. The van der Waals surface area contributed by atoms with Gasteiger partial charge in [-0.2, -0.15) is 0 Å². The highest BCUT2D eigenvalue weighted by Gasteiger charge is 2.40. The van der Waals surface area contributed by atoms with Crippen LogP contribution in [0, 0.1) is 5.41 Å². The van der Waals surface area contributed by atoms with Crippen LogP contribution in [0.4, 0.5) is 0 Å². The lowest BCUT2D eigenvalue weighted by Crippen LogP contribution is -2.30. The van der Waals surface area contributed by atoms with E-state index in [1.807, 2.05) is 32.9 Å². The largest absolute Gasteiger partial charge is 0.486 e. The molecule has 0 radical (unpaired) electrons. The summed E-state index contributed by atoms with van der Waals surface area (Å²) in [6.45, 7) is 7.05. The minimum Gasteiger partial charge on any atom is -0.486 e. The van der Waals surface area contributed by atoms with Gasteiger partial charge < -0.3 is 9.47 Å². The molecule has 1 unspecified atom stereocenters. The van der Waals surface area contributed by atoms with E-state index in [-0.39, 0.29) is 12.0 Å². The Balaban J connectivity index is 1.82. The molecule has 114 valence electrons. The van der Waals surface area contributed by atoms with E-state index in [9.17, 15) is 4.79 Å². The fourth-order valence-corrected chi connectivity index (χ4v) is 2.78. The van der Waals surface area contributed by atoms with Gasteiger partial charge >= 0.3 is 0 Å². The zero-order valence-electron chi connectivity index (χ0n) is 12.3. The first-order valence-electron chi connectivity index (χ1n) is 6.93. The van der Waals surface area contributed by atoms with E-state index in [1.54, 1.807) is 0 Å². The van der Waals surface area contributed by atoms with Crippen molar-refractivity contribution < 1.29 is 19.1 Å². The monoisotopic (exact) mass is 355 g/mol. The quantitative estimate of drug-likeness (QED) is 0.818. The van der Waals surface area contributed by atoms with Gasteiger partial charge in [0.1, 0.15) is 12.7 Å². The number of hydrogen-bond acceptors (Lipinski definition) is 4. The van der Waals surface area contributed by atoms with Gasteiger partial charge in [0, 0.05) is 4.47 Å². The highest BCUT2D eigenvalue weighted by atomic mass is 79.9. The van der Waals surface area contributed by atoms with Crippen LogP contribution in [0.2, 0.25) is 0 Å². The Labute approximate surface area is 132 Å². The number of rotatable bonds is 2. The van der Waals surface area contributed by atoms with Crippen LogP contribution in [0.5, 0.6) is 11.5 Å². The van der Waals surface area contributed by atoms with Gasteiger partial charge in [0.05, 0.1) is 18.6 Å². The van der Waals surface area contributed by atoms with Crippen molar-refractivity contribution in [3.8, 4) is 11.5 Å². The molecule has 1 atom stereocenters. The van der Waals surface area contributed by atoms with Crippen molar-refractivity contribution in [1.29, 1.82) is 0 Å². The van der Waals surface area contributed by atoms with E-state index in [0.717, 1.165) is 15.8 Å². The maximum Gasteiger partial charge on any atom is 0.254 e. The maximum atomic E-state index is 12.2. The molecule has 1 amide bonds. The molecule has 6 heteroatoms. The van der Waals surface area contributed by atoms with Crippen LogP contribution in [0.3, 0.4) is 0 Å². The lowest BCUT2D eigenvalue weighted by Gasteiger charge is -2.25. The molecule has 1 aromatic rings. The summed E-state index contributed by atoms with van der Waals surface area (Å²) in [6.07, 6.45) is 0.0412. The Kier molecular flexibility index (Phi) is 3.61. The summed E-state index contributed by atoms with van der Waals surface area (Å²) >= 11 is 3.52. The molecule has 2 aliphatic heterocycles. The summed E-state index contributed by atoms with van der Waals surface area (Å²) in [5.74, 6) is 1.42. The van der Waals surface area contributed by atoms with Crippen LogP contribution in [0.25, 0.3) is 0 Å². The summed E-state index contributed by atoms with van der Waals surface area (Å²) in [5.41, 5.74) is 0.466. The summed E-state index contributed by atoms with van der Waals surface area (Å²) in [7, 11) is 0. The molecule has 2 aliphatic rings. The lowest BCUT2D eigenvalue weighted by atomic mass is 9.95. The number of hydrogen-bond donors (Lipinski definition) is 0. The Morgan fingerprint density at radius 1 is 1.38 bits per heavy atom. The summed E-state index contributed by atoms with van der Waals surface area (Å²) in [6, 6.07) is 3.78. The lowest BCUT2D eigenvalue weighted by molar-refractivity contribution is -0.165. The third-order valence-corrected chi connectivity index (χ3v) is 4.35. The topological polar surface area (TPSA) is 48.0 Å². The molecule has 1 saturated heterocycles. The van der Waals surface area contributed by atoms with Gasteiger partial charge in [-0.25, -0.2) is 5.06 Å². The summed E-state index contributed by atoms with van der Waals surface area (Å²) in [4.78, 5) is 17.7. The molecule has 0 bridgehead atoms. The van der Waals surface area contributed by atoms with Crippen molar-refractivity contribution in [1.82, 2.24) is 5.06 Å². The summed E-state index contributed by atoms with van der Waals surface area (Å²) in [5, 5.41) is 1.42. The first-order valence-corrected chi connectivity index (χ1v) is 7.73. The van der Waals surface area contributed by atoms with E-state index in [0.29, 0.717) is 25.5 Å². The first-order chi connectivity index (χ1) is 9.87. The Morgan fingerprint density at radius 3 is 2.81 bits per heavy atom. The normalized spacial score (nSPS) is 23.5. The molecule has 3 rings (SSSR count). The van der Waals surface area contributed by atoms with Gasteiger partial charge in [0.15, 0.2) is 11.5 Å². The molecule has 1 aromatic carbocycles. The molecule has 0 spiro atoms. The van der Waals surface area contributed by atoms with Crippen LogP contribution in [-0.4, -0.2) is 30.3 Å². The van der Waals surface area contributed by atoms with Crippen LogP contribution in [-0.2, 0) is 16.2 Å². The Morgan fingerprint density at radius 2 is 2.14 bits per heavy atom. The van der Waals surface area contributed by atoms with Gasteiger partial charge in [-0.05, 0) is 38.5 Å². The zero-order chi connectivity index (χ0) is 15.2. The van der Waals surface area contributed by atoms with E-state index < -0.39 is 5.41 Å². The number of fused-ring (bicyclic) bond motifs is 1. The SMILES string of the molecule is CC1COc2cc(CN3OCC(C)(C)C3=O)c(Br)cc2O1.